The van der Waals surface area contributed by atoms with E-state index in [1.807, 2.05) is 13.8 Å². The summed E-state index contributed by atoms with van der Waals surface area (Å²) in [7, 11) is 0. The van der Waals surface area contributed by atoms with Crippen LogP contribution in [0.25, 0.3) is 10.9 Å². The molecular formula is C14H18N4O. The second kappa shape index (κ2) is 4.74. The Bertz CT molecular complexity index is 656. The molecule has 0 spiro atoms. The molecule has 0 aromatic carbocycles. The monoisotopic (exact) mass is 258 g/mol. The van der Waals surface area contributed by atoms with Gasteiger partial charge in [-0.15, -0.1) is 0 Å². The Kier molecular flexibility index (Phi) is 3.06. The zero-order valence-electron chi connectivity index (χ0n) is 11.3. The summed E-state index contributed by atoms with van der Waals surface area (Å²) in [6.45, 7) is 5.03. The molecule has 1 fully saturated rings. The molecule has 100 valence electrons. The number of pyridine rings is 1. The van der Waals surface area contributed by atoms with E-state index in [0.717, 1.165) is 30.7 Å². The van der Waals surface area contributed by atoms with E-state index in [9.17, 15) is 4.79 Å². The minimum absolute atomic E-state index is 0.0109. The highest BCUT2D eigenvalue weighted by Gasteiger charge is 2.23. The summed E-state index contributed by atoms with van der Waals surface area (Å²) in [6.07, 6.45) is 5.46. The lowest BCUT2D eigenvalue weighted by molar-refractivity contribution is 0.485. The number of nitrogens with one attached hydrogen (secondary N) is 1. The van der Waals surface area contributed by atoms with Crippen molar-refractivity contribution < 1.29 is 0 Å². The van der Waals surface area contributed by atoms with Crippen LogP contribution in [0.5, 0.6) is 0 Å². The van der Waals surface area contributed by atoms with Crippen molar-refractivity contribution in [3.05, 3.63) is 34.6 Å². The van der Waals surface area contributed by atoms with E-state index in [0.29, 0.717) is 5.39 Å². The molecule has 1 atom stereocenters. The number of rotatable bonds is 2. The van der Waals surface area contributed by atoms with Crippen LogP contribution >= 0.6 is 0 Å². The molecule has 0 aliphatic carbocycles. The van der Waals surface area contributed by atoms with Gasteiger partial charge in [0, 0.05) is 18.4 Å². The molecule has 1 aliphatic rings. The van der Waals surface area contributed by atoms with E-state index in [-0.39, 0.29) is 17.6 Å². The predicted molar refractivity (Wildman–Crippen MR) is 74.2 cm³/mol. The van der Waals surface area contributed by atoms with Gasteiger partial charge in [0.1, 0.15) is 5.82 Å². The SMILES string of the molecule is CC(C)n1c([C@@H]2CCCN2)nc2ccncc2c1=O. The van der Waals surface area contributed by atoms with Crippen LogP contribution in [0.4, 0.5) is 0 Å². The minimum atomic E-state index is 0.0109. The van der Waals surface area contributed by atoms with Crippen LogP contribution < -0.4 is 10.9 Å². The van der Waals surface area contributed by atoms with Crippen molar-refractivity contribution >= 4 is 10.9 Å². The van der Waals surface area contributed by atoms with E-state index >= 15 is 0 Å². The average molecular weight is 258 g/mol. The van der Waals surface area contributed by atoms with Crippen molar-refractivity contribution in [2.24, 2.45) is 0 Å². The van der Waals surface area contributed by atoms with E-state index in [1.165, 1.54) is 0 Å². The first-order valence-corrected chi connectivity index (χ1v) is 6.78. The molecule has 0 unspecified atom stereocenters. The van der Waals surface area contributed by atoms with Gasteiger partial charge < -0.3 is 5.32 Å². The first kappa shape index (κ1) is 12.3. The van der Waals surface area contributed by atoms with Gasteiger partial charge in [-0.2, -0.15) is 0 Å². The fourth-order valence-electron chi connectivity index (χ4n) is 2.71. The summed E-state index contributed by atoms with van der Waals surface area (Å²) >= 11 is 0. The minimum Gasteiger partial charge on any atom is -0.307 e. The molecule has 0 saturated carbocycles. The molecule has 3 rings (SSSR count). The Morgan fingerprint density at radius 1 is 1.47 bits per heavy atom. The standard InChI is InChI=1S/C14H18N4O/c1-9(2)18-13(12-4-3-6-16-12)17-11-5-7-15-8-10(11)14(18)19/h5,7-9,12,16H,3-4,6H2,1-2H3/t12-/m0/s1. The van der Waals surface area contributed by atoms with Crippen LogP contribution in [0.3, 0.4) is 0 Å². The van der Waals surface area contributed by atoms with Crippen molar-refractivity contribution in [3.8, 4) is 0 Å². The van der Waals surface area contributed by atoms with Gasteiger partial charge in [0.05, 0.1) is 16.9 Å². The number of hydrogen-bond donors (Lipinski definition) is 1. The third-order valence-corrected chi connectivity index (χ3v) is 3.62. The largest absolute Gasteiger partial charge is 0.307 e. The van der Waals surface area contributed by atoms with Gasteiger partial charge in [0.25, 0.3) is 5.56 Å². The van der Waals surface area contributed by atoms with Gasteiger partial charge in [-0.1, -0.05) is 0 Å². The Morgan fingerprint density at radius 2 is 2.32 bits per heavy atom. The smallest absolute Gasteiger partial charge is 0.263 e. The summed E-state index contributed by atoms with van der Waals surface area (Å²) < 4.78 is 1.80. The molecule has 0 amide bonds. The highest BCUT2D eigenvalue weighted by atomic mass is 16.1. The van der Waals surface area contributed by atoms with Crippen molar-refractivity contribution in [2.75, 3.05) is 6.54 Å². The fraction of sp³-hybridized carbons (Fsp3) is 0.500. The molecule has 2 aromatic heterocycles. The van der Waals surface area contributed by atoms with Crippen LogP contribution in [-0.2, 0) is 0 Å². The van der Waals surface area contributed by atoms with Gasteiger partial charge >= 0.3 is 0 Å². The molecule has 3 heterocycles. The summed E-state index contributed by atoms with van der Waals surface area (Å²) in [6, 6.07) is 2.09. The van der Waals surface area contributed by atoms with Gasteiger partial charge in [-0.25, -0.2) is 4.98 Å². The van der Waals surface area contributed by atoms with E-state index in [1.54, 1.807) is 23.0 Å². The maximum Gasteiger partial charge on any atom is 0.263 e. The Hall–Kier alpha value is -1.75. The van der Waals surface area contributed by atoms with Crippen LogP contribution in [0.2, 0.25) is 0 Å². The van der Waals surface area contributed by atoms with Crippen LogP contribution in [0.15, 0.2) is 23.3 Å². The average Bonchev–Trinajstić information content (AvgIpc) is 2.92. The predicted octanol–water partition coefficient (Wildman–Crippen LogP) is 1.80. The van der Waals surface area contributed by atoms with Gasteiger partial charge in [0.15, 0.2) is 0 Å². The highest BCUT2D eigenvalue weighted by molar-refractivity contribution is 5.76. The topological polar surface area (TPSA) is 59.8 Å². The number of nitrogens with zero attached hydrogens (tertiary/aromatic N) is 3. The number of fused-ring (bicyclic) bond motifs is 1. The Balaban J connectivity index is 2.29. The van der Waals surface area contributed by atoms with Crippen LogP contribution in [-0.4, -0.2) is 21.1 Å². The van der Waals surface area contributed by atoms with Crippen LogP contribution in [0.1, 0.15) is 44.6 Å². The molecule has 1 N–H and O–H groups in total. The van der Waals surface area contributed by atoms with Gasteiger partial charge in [-0.3, -0.25) is 14.3 Å². The lowest BCUT2D eigenvalue weighted by atomic mass is 10.2. The third kappa shape index (κ3) is 2.04. The second-order valence-corrected chi connectivity index (χ2v) is 5.28. The van der Waals surface area contributed by atoms with Gasteiger partial charge in [-0.05, 0) is 39.3 Å². The number of hydrogen-bond acceptors (Lipinski definition) is 4. The lowest BCUT2D eigenvalue weighted by Gasteiger charge is -2.20. The first-order chi connectivity index (χ1) is 9.18. The first-order valence-electron chi connectivity index (χ1n) is 6.78. The summed E-state index contributed by atoms with van der Waals surface area (Å²) in [5.74, 6) is 0.858. The quantitative estimate of drug-likeness (QED) is 0.892. The van der Waals surface area contributed by atoms with Crippen molar-refractivity contribution in [2.45, 2.75) is 38.8 Å². The summed E-state index contributed by atoms with van der Waals surface area (Å²) in [4.78, 5) is 21.3. The highest BCUT2D eigenvalue weighted by Crippen LogP contribution is 2.23. The fourth-order valence-corrected chi connectivity index (χ4v) is 2.71. The molecule has 0 radical (unpaired) electrons. The maximum absolute atomic E-state index is 12.6. The maximum atomic E-state index is 12.6. The molecule has 5 nitrogen and oxygen atoms in total. The van der Waals surface area contributed by atoms with E-state index < -0.39 is 0 Å². The molecule has 5 heteroatoms. The molecule has 1 saturated heterocycles. The summed E-state index contributed by atoms with van der Waals surface area (Å²) in [5, 5.41) is 4.02. The Labute approximate surface area is 111 Å². The normalized spacial score (nSPS) is 19.4. The zero-order chi connectivity index (χ0) is 13.4. The molecule has 0 bridgehead atoms. The van der Waals surface area contributed by atoms with E-state index in [4.69, 9.17) is 4.98 Å². The zero-order valence-corrected chi connectivity index (χ0v) is 11.3. The Morgan fingerprint density at radius 3 is 3.00 bits per heavy atom. The molecule has 2 aromatic rings. The van der Waals surface area contributed by atoms with Crippen molar-refractivity contribution in [1.29, 1.82) is 0 Å². The van der Waals surface area contributed by atoms with Crippen molar-refractivity contribution in [1.82, 2.24) is 19.9 Å². The van der Waals surface area contributed by atoms with Gasteiger partial charge in [0.2, 0.25) is 0 Å². The van der Waals surface area contributed by atoms with Crippen LogP contribution in [0, 0.1) is 0 Å². The molecule has 19 heavy (non-hydrogen) atoms. The second-order valence-electron chi connectivity index (χ2n) is 5.28. The molecular weight excluding hydrogens is 240 g/mol. The third-order valence-electron chi connectivity index (χ3n) is 3.62. The van der Waals surface area contributed by atoms with E-state index in [2.05, 4.69) is 10.3 Å². The number of aromatic nitrogens is 3. The lowest BCUT2D eigenvalue weighted by Crippen LogP contribution is -2.31. The molecule has 1 aliphatic heterocycles. The van der Waals surface area contributed by atoms with Crippen molar-refractivity contribution in [3.63, 3.8) is 0 Å². The summed E-state index contributed by atoms with van der Waals surface area (Å²) in [5.41, 5.74) is 0.748.